The van der Waals surface area contributed by atoms with Gasteiger partial charge in [0.25, 0.3) is 5.69 Å². The number of nitrogens with zero attached hydrogens (tertiary/aromatic N) is 1. The van der Waals surface area contributed by atoms with Gasteiger partial charge in [-0.15, -0.1) is 11.3 Å². The molecule has 1 heterocycles. The van der Waals surface area contributed by atoms with Crippen LogP contribution in [0.1, 0.15) is 17.3 Å². The Bertz CT molecular complexity index is 593. The van der Waals surface area contributed by atoms with Crippen molar-refractivity contribution in [1.29, 1.82) is 0 Å². The first-order chi connectivity index (χ1) is 8.58. The smallest absolute Gasteiger partial charge is 0.280 e. The third kappa shape index (κ3) is 2.77. The average Bonchev–Trinajstić information content (AvgIpc) is 2.81. The molecule has 2 rings (SSSR count). The van der Waals surface area contributed by atoms with Crippen molar-refractivity contribution in [3.63, 3.8) is 0 Å². The Morgan fingerprint density at radius 2 is 2.17 bits per heavy atom. The molecule has 0 unspecified atom stereocenters. The summed E-state index contributed by atoms with van der Waals surface area (Å²) in [6.45, 7) is 1.34. The Balaban J connectivity index is 2.37. The Morgan fingerprint density at radius 3 is 2.72 bits per heavy atom. The van der Waals surface area contributed by atoms with E-state index >= 15 is 0 Å². The van der Waals surface area contributed by atoms with Gasteiger partial charge in [0.1, 0.15) is 0 Å². The molecule has 0 aliphatic heterocycles. The van der Waals surface area contributed by atoms with Gasteiger partial charge in [0.2, 0.25) is 0 Å². The van der Waals surface area contributed by atoms with Gasteiger partial charge in [0.05, 0.1) is 14.7 Å². The van der Waals surface area contributed by atoms with Gasteiger partial charge < -0.3 is 0 Å². The summed E-state index contributed by atoms with van der Waals surface area (Å²) < 4.78 is 1.08. The number of carbonyl (C=O) groups is 1. The fraction of sp³-hybridized carbons (Fsp3) is 0.0833. The van der Waals surface area contributed by atoms with Crippen molar-refractivity contribution in [2.24, 2.45) is 0 Å². The predicted octanol–water partition coefficient (Wildman–Crippen LogP) is 4.01. The van der Waals surface area contributed by atoms with Crippen LogP contribution in [-0.4, -0.2) is 10.7 Å². The first kappa shape index (κ1) is 12.8. The van der Waals surface area contributed by atoms with E-state index in [0.29, 0.717) is 0 Å². The molecular formula is C12H9NO3S2. The van der Waals surface area contributed by atoms with Crippen LogP contribution in [0.25, 0.3) is 0 Å². The number of nitro groups is 1. The van der Waals surface area contributed by atoms with Gasteiger partial charge in [0.15, 0.2) is 5.78 Å². The summed E-state index contributed by atoms with van der Waals surface area (Å²) in [6.07, 6.45) is 0. The molecule has 18 heavy (non-hydrogen) atoms. The summed E-state index contributed by atoms with van der Waals surface area (Å²) in [5.74, 6) is -0.296. The quantitative estimate of drug-likeness (QED) is 0.482. The van der Waals surface area contributed by atoms with Crippen LogP contribution in [0.5, 0.6) is 0 Å². The molecule has 0 spiro atoms. The van der Waals surface area contributed by atoms with Gasteiger partial charge >= 0.3 is 0 Å². The maximum atomic E-state index is 11.4. The van der Waals surface area contributed by atoms with E-state index in [2.05, 4.69) is 0 Å². The second kappa shape index (κ2) is 5.32. The fourth-order valence-electron chi connectivity index (χ4n) is 1.46. The van der Waals surface area contributed by atoms with Gasteiger partial charge in [-0.05, 0) is 30.5 Å². The van der Waals surface area contributed by atoms with Crippen LogP contribution in [0.3, 0.4) is 0 Å². The van der Waals surface area contributed by atoms with Crippen LogP contribution >= 0.6 is 23.1 Å². The zero-order valence-electron chi connectivity index (χ0n) is 9.45. The van der Waals surface area contributed by atoms with Gasteiger partial charge in [-0.2, -0.15) is 0 Å². The maximum absolute atomic E-state index is 11.4. The number of ketones is 1. The third-order valence-corrected chi connectivity index (χ3v) is 4.28. The standard InChI is InChI=1S/C12H9NO3S2/c1-8(14)10-7-9(4-5-11(10)13(15)16)18-12-3-2-6-17-12/h2-7H,1H3. The molecule has 0 N–H and O–H groups in total. The van der Waals surface area contributed by atoms with Crippen molar-refractivity contribution >= 4 is 34.6 Å². The molecule has 0 aliphatic carbocycles. The lowest BCUT2D eigenvalue weighted by atomic mass is 10.1. The molecule has 0 saturated carbocycles. The molecule has 6 heteroatoms. The van der Waals surface area contributed by atoms with E-state index in [-0.39, 0.29) is 17.0 Å². The number of benzene rings is 1. The zero-order valence-corrected chi connectivity index (χ0v) is 11.1. The van der Waals surface area contributed by atoms with Crippen LogP contribution in [0.2, 0.25) is 0 Å². The second-order valence-corrected chi connectivity index (χ2v) is 5.85. The summed E-state index contributed by atoms with van der Waals surface area (Å²) >= 11 is 3.08. The van der Waals surface area contributed by atoms with Crippen LogP contribution in [0.15, 0.2) is 44.8 Å². The van der Waals surface area contributed by atoms with Crippen LogP contribution in [-0.2, 0) is 0 Å². The Hall–Kier alpha value is -1.66. The van der Waals surface area contributed by atoms with Crippen molar-refractivity contribution in [3.05, 3.63) is 51.4 Å². The highest BCUT2D eigenvalue weighted by Gasteiger charge is 2.17. The lowest BCUT2D eigenvalue weighted by Crippen LogP contribution is -2.00. The number of Topliss-reactive ketones (excluding diaryl/α,β-unsaturated/α-hetero) is 1. The van der Waals surface area contributed by atoms with Crippen LogP contribution in [0.4, 0.5) is 5.69 Å². The molecule has 0 amide bonds. The van der Waals surface area contributed by atoms with E-state index in [1.807, 2.05) is 17.5 Å². The predicted molar refractivity (Wildman–Crippen MR) is 71.5 cm³/mol. The fourth-order valence-corrected chi connectivity index (χ4v) is 3.25. The Labute approximate surface area is 112 Å². The van der Waals surface area contributed by atoms with Crippen LogP contribution in [0, 0.1) is 10.1 Å². The Morgan fingerprint density at radius 1 is 1.39 bits per heavy atom. The second-order valence-electron chi connectivity index (χ2n) is 3.53. The van der Waals surface area contributed by atoms with Crippen molar-refractivity contribution in [2.45, 2.75) is 16.0 Å². The lowest BCUT2D eigenvalue weighted by molar-refractivity contribution is -0.385. The zero-order chi connectivity index (χ0) is 13.1. The lowest BCUT2D eigenvalue weighted by Gasteiger charge is -2.02. The third-order valence-electron chi connectivity index (χ3n) is 2.26. The summed E-state index contributed by atoms with van der Waals surface area (Å²) in [5, 5.41) is 12.8. The molecule has 1 aromatic carbocycles. The molecule has 0 fully saturated rings. The van der Waals surface area contributed by atoms with Gasteiger partial charge in [-0.3, -0.25) is 14.9 Å². The van der Waals surface area contributed by atoms with Gasteiger partial charge in [-0.1, -0.05) is 17.8 Å². The number of nitro benzene ring substituents is 1. The first-order valence-electron chi connectivity index (χ1n) is 5.08. The Kier molecular flexibility index (Phi) is 3.78. The molecule has 4 nitrogen and oxygen atoms in total. The largest absolute Gasteiger partial charge is 0.294 e. The minimum absolute atomic E-state index is 0.141. The minimum atomic E-state index is -0.531. The van der Waals surface area contributed by atoms with E-state index in [4.69, 9.17) is 0 Å². The number of rotatable bonds is 4. The van der Waals surface area contributed by atoms with E-state index in [1.165, 1.54) is 24.8 Å². The van der Waals surface area contributed by atoms with E-state index in [0.717, 1.165) is 9.10 Å². The number of thiophene rings is 1. The molecule has 0 bridgehead atoms. The topological polar surface area (TPSA) is 60.2 Å². The first-order valence-corrected chi connectivity index (χ1v) is 6.78. The SMILES string of the molecule is CC(=O)c1cc(Sc2cccs2)ccc1[N+](=O)[O-]. The van der Waals surface area contributed by atoms with Crippen LogP contribution < -0.4 is 0 Å². The maximum Gasteiger partial charge on any atom is 0.280 e. The van der Waals surface area contributed by atoms with Crippen molar-refractivity contribution in [1.82, 2.24) is 0 Å². The van der Waals surface area contributed by atoms with E-state index in [9.17, 15) is 14.9 Å². The summed E-state index contributed by atoms with van der Waals surface area (Å²) in [5.41, 5.74) is 0.0135. The number of hydrogen-bond donors (Lipinski definition) is 0. The summed E-state index contributed by atoms with van der Waals surface area (Å²) in [6, 6.07) is 8.51. The minimum Gasteiger partial charge on any atom is -0.294 e. The molecule has 0 saturated heterocycles. The average molecular weight is 279 g/mol. The normalized spacial score (nSPS) is 10.3. The number of carbonyl (C=O) groups excluding carboxylic acids is 1. The van der Waals surface area contributed by atoms with E-state index in [1.54, 1.807) is 23.5 Å². The molecule has 0 aliphatic rings. The molecule has 0 atom stereocenters. The summed E-state index contributed by atoms with van der Waals surface area (Å²) in [7, 11) is 0. The molecule has 0 radical (unpaired) electrons. The summed E-state index contributed by atoms with van der Waals surface area (Å²) in [4.78, 5) is 22.5. The highest BCUT2D eigenvalue weighted by molar-refractivity contribution is 8.01. The highest BCUT2D eigenvalue weighted by atomic mass is 32.2. The molecule has 1 aromatic heterocycles. The molecular weight excluding hydrogens is 270 g/mol. The van der Waals surface area contributed by atoms with E-state index < -0.39 is 4.92 Å². The molecule has 92 valence electrons. The van der Waals surface area contributed by atoms with Crippen molar-refractivity contribution < 1.29 is 9.72 Å². The van der Waals surface area contributed by atoms with Gasteiger partial charge in [0, 0.05) is 11.0 Å². The molecule has 2 aromatic rings. The van der Waals surface area contributed by atoms with Crippen molar-refractivity contribution in [2.75, 3.05) is 0 Å². The van der Waals surface area contributed by atoms with Crippen molar-refractivity contribution in [3.8, 4) is 0 Å². The number of hydrogen-bond acceptors (Lipinski definition) is 5. The monoisotopic (exact) mass is 279 g/mol. The highest BCUT2D eigenvalue weighted by Crippen LogP contribution is 2.33. The van der Waals surface area contributed by atoms with Gasteiger partial charge in [-0.25, -0.2) is 0 Å².